The summed E-state index contributed by atoms with van der Waals surface area (Å²) in [6.45, 7) is 2.19. The second-order valence-electron chi connectivity index (χ2n) is 4.74. The molecule has 1 atom stereocenters. The van der Waals surface area contributed by atoms with E-state index in [1.165, 1.54) is 4.88 Å². The van der Waals surface area contributed by atoms with Crippen molar-refractivity contribution in [3.8, 4) is 6.07 Å². The van der Waals surface area contributed by atoms with Gasteiger partial charge < -0.3 is 0 Å². The fourth-order valence-electron chi connectivity index (χ4n) is 2.46. The van der Waals surface area contributed by atoms with Crippen LogP contribution in [0.2, 0.25) is 0 Å². The molecule has 92 valence electrons. The summed E-state index contributed by atoms with van der Waals surface area (Å²) in [5.41, 5.74) is 0.966. The molecule has 0 saturated carbocycles. The van der Waals surface area contributed by atoms with Crippen LogP contribution in [0.4, 0.5) is 0 Å². The van der Waals surface area contributed by atoms with E-state index < -0.39 is 0 Å². The van der Waals surface area contributed by atoms with Crippen LogP contribution >= 0.6 is 11.3 Å². The van der Waals surface area contributed by atoms with Crippen molar-refractivity contribution in [3.63, 3.8) is 0 Å². The van der Waals surface area contributed by atoms with Crippen LogP contribution in [0.3, 0.4) is 0 Å². The zero-order chi connectivity index (χ0) is 12.7. The van der Waals surface area contributed by atoms with Gasteiger partial charge in [0.1, 0.15) is 6.54 Å². The summed E-state index contributed by atoms with van der Waals surface area (Å²) in [4.78, 5) is 14.2. The third-order valence-electron chi connectivity index (χ3n) is 3.41. The van der Waals surface area contributed by atoms with Gasteiger partial charge >= 0.3 is 0 Å². The smallest absolute Gasteiger partial charge is 0.267 e. The van der Waals surface area contributed by atoms with E-state index in [2.05, 4.69) is 17.2 Å². The Labute approximate surface area is 108 Å². The van der Waals surface area contributed by atoms with Crippen LogP contribution in [-0.2, 0) is 19.4 Å². The molecule has 0 aliphatic heterocycles. The van der Waals surface area contributed by atoms with Gasteiger partial charge in [0.2, 0.25) is 0 Å². The van der Waals surface area contributed by atoms with Crippen LogP contribution in [0.5, 0.6) is 0 Å². The van der Waals surface area contributed by atoms with Gasteiger partial charge in [-0.1, -0.05) is 12.1 Å². The van der Waals surface area contributed by atoms with E-state index in [1.54, 1.807) is 11.3 Å². The number of aryl methyl sites for hydroxylation is 1. The van der Waals surface area contributed by atoms with Crippen molar-refractivity contribution in [2.45, 2.75) is 32.7 Å². The molecule has 1 aliphatic carbocycles. The van der Waals surface area contributed by atoms with Gasteiger partial charge in [0.15, 0.2) is 4.83 Å². The van der Waals surface area contributed by atoms with Crippen molar-refractivity contribution in [1.29, 1.82) is 5.26 Å². The molecule has 0 amide bonds. The molecule has 5 nitrogen and oxygen atoms in total. The number of hydrogen-bond acceptors (Lipinski definition) is 5. The summed E-state index contributed by atoms with van der Waals surface area (Å²) >= 11 is 1.57. The maximum Gasteiger partial charge on any atom is 0.279 e. The Morgan fingerprint density at radius 2 is 2.44 bits per heavy atom. The minimum Gasteiger partial charge on any atom is -0.267 e. The summed E-state index contributed by atoms with van der Waals surface area (Å²) < 4.78 is 1.15. The van der Waals surface area contributed by atoms with E-state index in [-0.39, 0.29) is 12.1 Å². The monoisotopic (exact) mass is 260 g/mol. The number of fused-ring (bicyclic) bond motifs is 3. The highest BCUT2D eigenvalue weighted by Gasteiger charge is 2.23. The average Bonchev–Trinajstić information content (AvgIpc) is 2.71. The minimum absolute atomic E-state index is 0.0389. The van der Waals surface area contributed by atoms with E-state index in [9.17, 15) is 4.79 Å². The van der Waals surface area contributed by atoms with Crippen molar-refractivity contribution in [2.75, 3.05) is 0 Å². The molecule has 0 fully saturated rings. The molecule has 0 unspecified atom stereocenters. The van der Waals surface area contributed by atoms with Gasteiger partial charge in [0.25, 0.3) is 5.56 Å². The van der Waals surface area contributed by atoms with Crippen LogP contribution < -0.4 is 5.56 Å². The first-order valence-electron chi connectivity index (χ1n) is 5.95. The summed E-state index contributed by atoms with van der Waals surface area (Å²) in [6, 6.07) is 1.93. The fourth-order valence-corrected chi connectivity index (χ4v) is 3.78. The predicted octanol–water partition coefficient (Wildman–Crippen LogP) is 1.50. The number of rotatable bonds is 1. The Kier molecular flexibility index (Phi) is 2.63. The maximum absolute atomic E-state index is 12.2. The maximum atomic E-state index is 12.2. The van der Waals surface area contributed by atoms with Gasteiger partial charge in [-0.05, 0) is 30.7 Å². The SMILES string of the molecule is C[C@@H]1CCc2c(sc3nnn(CC#N)c(=O)c23)C1. The summed E-state index contributed by atoms with van der Waals surface area (Å²) in [5, 5.41) is 17.2. The lowest BCUT2D eigenvalue weighted by Gasteiger charge is -2.17. The number of hydrogen-bond donors (Lipinski definition) is 0. The van der Waals surface area contributed by atoms with Gasteiger partial charge in [-0.2, -0.15) is 9.94 Å². The predicted molar refractivity (Wildman–Crippen MR) is 68.5 cm³/mol. The fraction of sp³-hybridized carbons (Fsp3) is 0.500. The van der Waals surface area contributed by atoms with E-state index in [1.807, 2.05) is 6.07 Å². The standard InChI is InChI=1S/C12H12N4OS/c1-7-2-3-8-9(6-7)18-11-10(8)12(17)16(5-4-13)15-14-11/h7H,2-3,5-6H2,1H3/t7-/m1/s1. The van der Waals surface area contributed by atoms with Gasteiger partial charge in [-0.15, -0.1) is 16.4 Å². The summed E-state index contributed by atoms with van der Waals surface area (Å²) in [6.07, 6.45) is 3.07. The molecule has 0 bridgehead atoms. The van der Waals surface area contributed by atoms with Crippen LogP contribution in [0.25, 0.3) is 10.2 Å². The number of thiophene rings is 1. The Morgan fingerprint density at radius 1 is 1.61 bits per heavy atom. The van der Waals surface area contributed by atoms with Crippen LogP contribution in [0.15, 0.2) is 4.79 Å². The molecule has 0 aromatic carbocycles. The number of aromatic nitrogens is 3. The van der Waals surface area contributed by atoms with E-state index in [4.69, 9.17) is 5.26 Å². The van der Waals surface area contributed by atoms with Gasteiger partial charge in [0.05, 0.1) is 11.5 Å². The molecule has 18 heavy (non-hydrogen) atoms. The first-order chi connectivity index (χ1) is 8.70. The van der Waals surface area contributed by atoms with E-state index >= 15 is 0 Å². The molecule has 0 radical (unpaired) electrons. The molecular formula is C12H12N4OS. The second-order valence-corrected chi connectivity index (χ2v) is 5.83. The lowest BCUT2D eigenvalue weighted by atomic mass is 9.89. The molecule has 2 aromatic rings. The first-order valence-corrected chi connectivity index (χ1v) is 6.77. The van der Waals surface area contributed by atoms with Crippen LogP contribution in [0, 0.1) is 17.2 Å². The Morgan fingerprint density at radius 3 is 3.22 bits per heavy atom. The molecule has 0 saturated heterocycles. The molecular weight excluding hydrogens is 248 g/mol. The van der Waals surface area contributed by atoms with Crippen molar-refractivity contribution in [3.05, 3.63) is 20.8 Å². The van der Waals surface area contributed by atoms with Crippen molar-refractivity contribution in [1.82, 2.24) is 15.0 Å². The lowest BCUT2D eigenvalue weighted by Crippen LogP contribution is -2.24. The zero-order valence-corrected chi connectivity index (χ0v) is 10.8. The molecule has 2 aromatic heterocycles. The topological polar surface area (TPSA) is 71.6 Å². The quantitative estimate of drug-likeness (QED) is 0.779. The molecule has 0 N–H and O–H groups in total. The normalized spacial score (nSPS) is 18.6. The molecule has 2 heterocycles. The van der Waals surface area contributed by atoms with Crippen molar-refractivity contribution in [2.24, 2.45) is 5.92 Å². The highest BCUT2D eigenvalue weighted by molar-refractivity contribution is 7.18. The second kappa shape index (κ2) is 4.18. The van der Waals surface area contributed by atoms with Crippen LogP contribution in [0.1, 0.15) is 23.8 Å². The van der Waals surface area contributed by atoms with Crippen LogP contribution in [-0.4, -0.2) is 15.0 Å². The summed E-state index contributed by atoms with van der Waals surface area (Å²) in [7, 11) is 0. The largest absolute Gasteiger partial charge is 0.279 e. The zero-order valence-electron chi connectivity index (χ0n) is 10.0. The highest BCUT2D eigenvalue weighted by atomic mass is 32.1. The molecule has 1 aliphatic rings. The summed E-state index contributed by atoms with van der Waals surface area (Å²) in [5.74, 6) is 0.667. The molecule has 3 rings (SSSR count). The van der Waals surface area contributed by atoms with Crippen molar-refractivity contribution < 1.29 is 0 Å². The van der Waals surface area contributed by atoms with Gasteiger partial charge in [-0.3, -0.25) is 4.79 Å². The van der Waals surface area contributed by atoms with E-state index in [0.717, 1.165) is 29.5 Å². The minimum atomic E-state index is -0.173. The Hall–Kier alpha value is -1.74. The average molecular weight is 260 g/mol. The third kappa shape index (κ3) is 1.63. The number of nitrogens with zero attached hydrogens (tertiary/aromatic N) is 4. The Balaban J connectivity index is 2.26. The lowest BCUT2D eigenvalue weighted by molar-refractivity contribution is 0.508. The van der Waals surface area contributed by atoms with Gasteiger partial charge in [0, 0.05) is 4.88 Å². The highest BCUT2D eigenvalue weighted by Crippen LogP contribution is 2.35. The Bertz CT molecular complexity index is 709. The molecule has 6 heteroatoms. The molecule has 0 spiro atoms. The third-order valence-corrected chi connectivity index (χ3v) is 4.54. The number of nitriles is 1. The van der Waals surface area contributed by atoms with E-state index in [0.29, 0.717) is 16.1 Å². The van der Waals surface area contributed by atoms with Crippen molar-refractivity contribution >= 4 is 21.6 Å². The first kappa shape index (κ1) is 11.4. The van der Waals surface area contributed by atoms with Gasteiger partial charge in [-0.25, -0.2) is 0 Å².